The van der Waals surface area contributed by atoms with Crippen LogP contribution < -0.4 is 0 Å². The van der Waals surface area contributed by atoms with Gasteiger partial charge < -0.3 is 0 Å². The maximum absolute atomic E-state index is 11.0. The van der Waals surface area contributed by atoms with Gasteiger partial charge in [-0.25, -0.2) is 0 Å². The Morgan fingerprint density at radius 2 is 1.95 bits per heavy atom. The Morgan fingerprint density at radius 1 is 1.21 bits per heavy atom. The fraction of sp³-hybridized carbons (Fsp3) is 0.500. The van der Waals surface area contributed by atoms with Crippen molar-refractivity contribution in [2.24, 2.45) is 0 Å². The van der Waals surface area contributed by atoms with Crippen molar-refractivity contribution in [1.29, 1.82) is 0 Å². The summed E-state index contributed by atoms with van der Waals surface area (Å²) in [5.74, 6) is 0. The second kappa shape index (κ2) is 5.38. The molecule has 0 unspecified atom stereocenters. The minimum atomic E-state index is 0.654. The number of carbonyl (C=O) groups is 1. The van der Waals surface area contributed by atoms with Gasteiger partial charge in [0.2, 0.25) is 0 Å². The molecule has 0 saturated heterocycles. The topological polar surface area (TPSA) is 52.7 Å². The Bertz CT molecular complexity index is 595. The van der Waals surface area contributed by atoms with Crippen LogP contribution in [0.5, 0.6) is 0 Å². The first-order valence-electron chi connectivity index (χ1n) is 6.65. The van der Waals surface area contributed by atoms with Crippen LogP contribution in [0.25, 0.3) is 0 Å². The molecule has 0 aliphatic heterocycles. The lowest BCUT2D eigenvalue weighted by molar-refractivity contribution is 0.112. The predicted octanol–water partition coefficient (Wildman–Crippen LogP) is 2.14. The van der Waals surface area contributed by atoms with Gasteiger partial charge in [-0.3, -0.25) is 14.2 Å². The molecule has 102 valence electrons. The lowest BCUT2D eigenvalue weighted by Gasteiger charge is -2.06. The van der Waals surface area contributed by atoms with Gasteiger partial charge in [-0.2, -0.15) is 10.2 Å². The van der Waals surface area contributed by atoms with Crippen molar-refractivity contribution >= 4 is 6.29 Å². The molecule has 5 nitrogen and oxygen atoms in total. The second-order valence-electron chi connectivity index (χ2n) is 4.66. The Hall–Kier alpha value is -1.91. The van der Waals surface area contributed by atoms with Gasteiger partial charge in [0, 0.05) is 12.2 Å². The van der Waals surface area contributed by atoms with Gasteiger partial charge in [-0.15, -0.1) is 0 Å². The first-order chi connectivity index (χ1) is 9.10. The molecule has 2 heterocycles. The lowest BCUT2D eigenvalue weighted by Crippen LogP contribution is -2.10. The van der Waals surface area contributed by atoms with Crippen LogP contribution in [0.1, 0.15) is 47.0 Å². The molecule has 0 N–H and O–H groups in total. The molecule has 0 radical (unpaired) electrons. The molecular formula is C14H20N4O. The summed E-state index contributed by atoms with van der Waals surface area (Å²) in [4.78, 5) is 11.0. The standard InChI is InChI=1S/C14H20N4O/c1-5-12-7-13(17(6-2)16-12)8-18-11(4)14(9-19)10(3)15-18/h7,9H,5-6,8H2,1-4H3. The smallest absolute Gasteiger partial charge is 0.153 e. The number of aldehydes is 1. The highest BCUT2D eigenvalue weighted by Crippen LogP contribution is 2.14. The van der Waals surface area contributed by atoms with E-state index < -0.39 is 0 Å². The molecule has 19 heavy (non-hydrogen) atoms. The van der Waals surface area contributed by atoms with Crippen LogP contribution in [0.3, 0.4) is 0 Å². The molecule has 0 atom stereocenters. The summed E-state index contributed by atoms with van der Waals surface area (Å²) >= 11 is 0. The van der Waals surface area contributed by atoms with E-state index in [1.807, 2.05) is 23.2 Å². The first kappa shape index (κ1) is 13.5. The number of aryl methyl sites for hydroxylation is 3. The zero-order chi connectivity index (χ0) is 14.0. The van der Waals surface area contributed by atoms with Gasteiger partial charge in [-0.05, 0) is 33.3 Å². The van der Waals surface area contributed by atoms with E-state index in [0.29, 0.717) is 12.1 Å². The first-order valence-corrected chi connectivity index (χ1v) is 6.65. The third-order valence-electron chi connectivity index (χ3n) is 3.44. The Balaban J connectivity index is 2.35. The van der Waals surface area contributed by atoms with Gasteiger partial charge in [0.15, 0.2) is 6.29 Å². The summed E-state index contributed by atoms with van der Waals surface area (Å²) in [5.41, 5.74) is 4.61. The number of nitrogens with zero attached hydrogens (tertiary/aromatic N) is 4. The maximum atomic E-state index is 11.0. The Labute approximate surface area is 113 Å². The van der Waals surface area contributed by atoms with E-state index in [9.17, 15) is 4.79 Å². The molecule has 2 aromatic heterocycles. The largest absolute Gasteiger partial charge is 0.298 e. The highest BCUT2D eigenvalue weighted by Gasteiger charge is 2.13. The van der Waals surface area contributed by atoms with E-state index in [2.05, 4.69) is 30.1 Å². The number of aromatic nitrogens is 4. The Kier molecular flexibility index (Phi) is 3.83. The average molecular weight is 260 g/mol. The molecule has 0 aromatic carbocycles. The van der Waals surface area contributed by atoms with E-state index in [4.69, 9.17) is 0 Å². The molecule has 0 spiro atoms. The van der Waals surface area contributed by atoms with Crippen molar-refractivity contribution in [3.05, 3.63) is 34.4 Å². The van der Waals surface area contributed by atoms with Crippen molar-refractivity contribution in [2.45, 2.75) is 47.2 Å². The fourth-order valence-corrected chi connectivity index (χ4v) is 2.28. The monoisotopic (exact) mass is 260 g/mol. The van der Waals surface area contributed by atoms with Gasteiger partial charge >= 0.3 is 0 Å². The molecule has 0 aliphatic rings. The van der Waals surface area contributed by atoms with Crippen molar-refractivity contribution in [3.63, 3.8) is 0 Å². The van der Waals surface area contributed by atoms with Crippen molar-refractivity contribution in [1.82, 2.24) is 19.6 Å². The normalized spacial score (nSPS) is 10.9. The quantitative estimate of drug-likeness (QED) is 0.774. The minimum Gasteiger partial charge on any atom is -0.298 e. The zero-order valence-corrected chi connectivity index (χ0v) is 12.0. The number of rotatable bonds is 5. The number of hydrogen-bond donors (Lipinski definition) is 0. The lowest BCUT2D eigenvalue weighted by atomic mass is 10.2. The van der Waals surface area contributed by atoms with Crippen LogP contribution in [0, 0.1) is 13.8 Å². The van der Waals surface area contributed by atoms with Gasteiger partial charge in [0.1, 0.15) is 0 Å². The third-order valence-corrected chi connectivity index (χ3v) is 3.44. The molecule has 0 fully saturated rings. The molecule has 5 heteroatoms. The Morgan fingerprint density at radius 3 is 2.47 bits per heavy atom. The molecular weight excluding hydrogens is 240 g/mol. The van der Waals surface area contributed by atoms with Crippen LogP contribution in [0.15, 0.2) is 6.07 Å². The maximum Gasteiger partial charge on any atom is 0.153 e. The van der Waals surface area contributed by atoms with Gasteiger partial charge in [-0.1, -0.05) is 6.92 Å². The summed E-state index contributed by atoms with van der Waals surface area (Å²) in [6, 6.07) is 2.11. The minimum absolute atomic E-state index is 0.654. The molecule has 2 rings (SSSR count). The van der Waals surface area contributed by atoms with E-state index in [-0.39, 0.29) is 0 Å². The summed E-state index contributed by atoms with van der Waals surface area (Å²) in [5, 5.41) is 8.96. The van der Waals surface area contributed by atoms with E-state index in [1.165, 1.54) is 0 Å². The third kappa shape index (κ3) is 2.45. The summed E-state index contributed by atoms with van der Waals surface area (Å²) in [7, 11) is 0. The van der Waals surface area contributed by atoms with E-state index >= 15 is 0 Å². The molecule has 2 aromatic rings. The summed E-state index contributed by atoms with van der Waals surface area (Å²) in [6.45, 7) is 9.46. The highest BCUT2D eigenvalue weighted by atomic mass is 16.1. The molecule has 0 aliphatic carbocycles. The van der Waals surface area contributed by atoms with Crippen molar-refractivity contribution in [3.8, 4) is 0 Å². The molecule has 0 amide bonds. The summed E-state index contributed by atoms with van der Waals surface area (Å²) < 4.78 is 3.87. The molecule has 0 saturated carbocycles. The van der Waals surface area contributed by atoms with Gasteiger partial charge in [0.25, 0.3) is 0 Å². The van der Waals surface area contributed by atoms with Crippen LogP contribution in [0.2, 0.25) is 0 Å². The van der Waals surface area contributed by atoms with E-state index in [1.54, 1.807) is 0 Å². The van der Waals surface area contributed by atoms with Crippen molar-refractivity contribution in [2.75, 3.05) is 0 Å². The zero-order valence-electron chi connectivity index (χ0n) is 12.0. The predicted molar refractivity (Wildman–Crippen MR) is 73.5 cm³/mol. The number of hydrogen-bond acceptors (Lipinski definition) is 3. The SMILES string of the molecule is CCc1cc(Cn2nc(C)c(C=O)c2C)n(CC)n1. The van der Waals surface area contributed by atoms with Crippen LogP contribution in [0.4, 0.5) is 0 Å². The fourth-order valence-electron chi connectivity index (χ4n) is 2.28. The van der Waals surface area contributed by atoms with Crippen LogP contribution in [-0.2, 0) is 19.5 Å². The van der Waals surface area contributed by atoms with Crippen LogP contribution in [-0.4, -0.2) is 25.8 Å². The van der Waals surface area contributed by atoms with Crippen LogP contribution >= 0.6 is 0 Å². The number of carbonyl (C=O) groups excluding carboxylic acids is 1. The van der Waals surface area contributed by atoms with E-state index in [0.717, 1.165) is 42.0 Å². The van der Waals surface area contributed by atoms with Crippen molar-refractivity contribution < 1.29 is 4.79 Å². The molecule has 0 bridgehead atoms. The second-order valence-corrected chi connectivity index (χ2v) is 4.66. The average Bonchev–Trinajstić information content (AvgIpc) is 2.91. The summed E-state index contributed by atoms with van der Waals surface area (Å²) in [6.07, 6.45) is 1.81. The van der Waals surface area contributed by atoms with Gasteiger partial charge in [0.05, 0.1) is 29.2 Å². The highest BCUT2D eigenvalue weighted by molar-refractivity contribution is 5.78.